The van der Waals surface area contributed by atoms with Crippen LogP contribution in [0.1, 0.15) is 50.9 Å². The minimum absolute atomic E-state index is 0.159. The summed E-state index contributed by atoms with van der Waals surface area (Å²) in [4.78, 5) is 26.1. The number of fused-ring (bicyclic) bond motifs is 1. The number of urea groups is 1. The molecule has 2 aliphatic rings. The van der Waals surface area contributed by atoms with E-state index >= 15 is 0 Å². The maximum Gasteiger partial charge on any atom is 0.315 e. The Labute approximate surface area is 142 Å². The summed E-state index contributed by atoms with van der Waals surface area (Å²) < 4.78 is 1.95. The second-order valence-corrected chi connectivity index (χ2v) is 6.87. The summed E-state index contributed by atoms with van der Waals surface area (Å²) in [5.74, 6) is 0.533. The van der Waals surface area contributed by atoms with Gasteiger partial charge in [-0.25, -0.2) is 4.79 Å². The third kappa shape index (κ3) is 3.71. The van der Waals surface area contributed by atoms with Crippen molar-refractivity contribution in [2.75, 3.05) is 6.54 Å². The number of nitrogens with zero attached hydrogens (tertiary/aromatic N) is 3. The lowest BCUT2D eigenvalue weighted by Crippen LogP contribution is -2.43. The zero-order chi connectivity index (χ0) is 17.1. The predicted molar refractivity (Wildman–Crippen MR) is 90.1 cm³/mol. The molecule has 132 valence electrons. The monoisotopic (exact) mass is 333 g/mol. The van der Waals surface area contributed by atoms with Crippen LogP contribution in [0.4, 0.5) is 4.79 Å². The lowest BCUT2D eigenvalue weighted by Gasteiger charge is -2.34. The lowest BCUT2D eigenvalue weighted by molar-refractivity contribution is -0.139. The Morgan fingerprint density at radius 2 is 2.17 bits per heavy atom. The van der Waals surface area contributed by atoms with E-state index in [1.54, 1.807) is 0 Å². The van der Waals surface area contributed by atoms with Gasteiger partial charge >= 0.3 is 6.03 Å². The zero-order valence-electron chi connectivity index (χ0n) is 14.5. The van der Waals surface area contributed by atoms with Crippen molar-refractivity contribution in [3.8, 4) is 0 Å². The SMILES string of the molecule is CC[C@@H](C)NC(=O)NCc1cc2n(n1)CCN(C(=O)C1CCC1)C2. The van der Waals surface area contributed by atoms with Crippen molar-refractivity contribution in [1.82, 2.24) is 25.3 Å². The molecule has 0 aromatic carbocycles. The fourth-order valence-electron chi connectivity index (χ4n) is 3.06. The van der Waals surface area contributed by atoms with E-state index in [9.17, 15) is 9.59 Å². The highest BCUT2D eigenvalue weighted by atomic mass is 16.2. The Morgan fingerprint density at radius 3 is 2.83 bits per heavy atom. The van der Waals surface area contributed by atoms with Crippen molar-refractivity contribution in [2.24, 2.45) is 5.92 Å². The highest BCUT2D eigenvalue weighted by Crippen LogP contribution is 2.29. The van der Waals surface area contributed by atoms with Crippen LogP contribution in [0.25, 0.3) is 0 Å². The molecule has 1 saturated carbocycles. The highest BCUT2D eigenvalue weighted by molar-refractivity contribution is 5.79. The molecule has 2 heterocycles. The van der Waals surface area contributed by atoms with Gasteiger partial charge in [0.2, 0.25) is 5.91 Å². The summed E-state index contributed by atoms with van der Waals surface area (Å²) >= 11 is 0. The topological polar surface area (TPSA) is 79.3 Å². The van der Waals surface area contributed by atoms with Crippen molar-refractivity contribution >= 4 is 11.9 Å². The summed E-state index contributed by atoms with van der Waals surface area (Å²) in [5, 5.41) is 10.2. The lowest BCUT2D eigenvalue weighted by atomic mass is 9.84. The van der Waals surface area contributed by atoms with Crippen LogP contribution in [0.2, 0.25) is 0 Å². The minimum atomic E-state index is -0.169. The number of amides is 3. The first-order valence-corrected chi connectivity index (χ1v) is 8.95. The van der Waals surface area contributed by atoms with Gasteiger partial charge in [-0.05, 0) is 32.3 Å². The van der Waals surface area contributed by atoms with E-state index in [0.29, 0.717) is 19.0 Å². The molecule has 1 atom stereocenters. The van der Waals surface area contributed by atoms with Crippen LogP contribution in [-0.4, -0.2) is 39.2 Å². The maximum atomic E-state index is 12.4. The Morgan fingerprint density at radius 1 is 1.38 bits per heavy atom. The van der Waals surface area contributed by atoms with Crippen LogP contribution in [0.5, 0.6) is 0 Å². The van der Waals surface area contributed by atoms with Crippen LogP contribution in [0, 0.1) is 5.92 Å². The molecule has 0 radical (unpaired) electrons. The third-order valence-corrected chi connectivity index (χ3v) is 5.03. The number of rotatable bonds is 5. The summed E-state index contributed by atoms with van der Waals surface area (Å²) in [6.07, 6.45) is 4.15. The zero-order valence-corrected chi connectivity index (χ0v) is 14.5. The number of hydrogen-bond acceptors (Lipinski definition) is 3. The quantitative estimate of drug-likeness (QED) is 0.859. The van der Waals surface area contributed by atoms with Crippen LogP contribution >= 0.6 is 0 Å². The average molecular weight is 333 g/mol. The molecule has 3 rings (SSSR count). The van der Waals surface area contributed by atoms with Gasteiger partial charge in [-0.1, -0.05) is 13.3 Å². The van der Waals surface area contributed by atoms with Crippen LogP contribution in [0.15, 0.2) is 6.07 Å². The molecule has 2 N–H and O–H groups in total. The molecule has 0 unspecified atom stereocenters. The fraction of sp³-hybridized carbons (Fsp3) is 0.706. The van der Waals surface area contributed by atoms with Crippen molar-refractivity contribution in [2.45, 2.75) is 65.2 Å². The van der Waals surface area contributed by atoms with E-state index in [1.165, 1.54) is 6.42 Å². The van der Waals surface area contributed by atoms with Gasteiger partial charge in [0, 0.05) is 18.5 Å². The molecule has 24 heavy (non-hydrogen) atoms. The molecule has 0 bridgehead atoms. The van der Waals surface area contributed by atoms with Crippen LogP contribution in [0.3, 0.4) is 0 Å². The van der Waals surface area contributed by atoms with E-state index in [2.05, 4.69) is 15.7 Å². The molecular weight excluding hydrogens is 306 g/mol. The summed E-state index contributed by atoms with van der Waals surface area (Å²) in [6.45, 7) is 6.49. The molecule has 1 aliphatic carbocycles. The molecule has 1 aromatic heterocycles. The molecule has 0 saturated heterocycles. The largest absolute Gasteiger partial charge is 0.336 e. The second-order valence-electron chi connectivity index (χ2n) is 6.87. The number of carbonyl (C=O) groups excluding carboxylic acids is 2. The Kier molecular flexibility index (Phi) is 5.06. The number of nitrogens with one attached hydrogen (secondary N) is 2. The summed E-state index contributed by atoms with van der Waals surface area (Å²) in [6, 6.07) is 1.98. The van der Waals surface area contributed by atoms with Crippen molar-refractivity contribution in [1.29, 1.82) is 0 Å². The molecule has 7 heteroatoms. The van der Waals surface area contributed by atoms with E-state index in [-0.39, 0.29) is 18.0 Å². The van der Waals surface area contributed by atoms with Gasteiger partial charge in [0.05, 0.1) is 31.0 Å². The van der Waals surface area contributed by atoms with Crippen molar-refractivity contribution in [3.05, 3.63) is 17.5 Å². The molecule has 1 aromatic rings. The Balaban J connectivity index is 1.53. The molecular formula is C17H27N5O2. The normalized spacial score (nSPS) is 18.5. The van der Waals surface area contributed by atoms with Gasteiger partial charge < -0.3 is 15.5 Å². The highest BCUT2D eigenvalue weighted by Gasteiger charge is 2.31. The average Bonchev–Trinajstić information content (AvgIpc) is 2.93. The number of hydrogen-bond donors (Lipinski definition) is 2. The van der Waals surface area contributed by atoms with Gasteiger partial charge in [-0.15, -0.1) is 0 Å². The first kappa shape index (κ1) is 16.8. The van der Waals surface area contributed by atoms with E-state index in [1.807, 2.05) is 29.5 Å². The smallest absolute Gasteiger partial charge is 0.315 e. The van der Waals surface area contributed by atoms with E-state index < -0.39 is 0 Å². The van der Waals surface area contributed by atoms with Gasteiger partial charge in [0.25, 0.3) is 0 Å². The maximum absolute atomic E-state index is 12.4. The van der Waals surface area contributed by atoms with Crippen LogP contribution < -0.4 is 10.6 Å². The Hall–Kier alpha value is -2.05. The standard InChI is InChI=1S/C17H27N5O2/c1-3-12(2)19-17(24)18-10-14-9-15-11-21(7-8-22(15)20-14)16(23)13-5-4-6-13/h9,12-13H,3-8,10-11H2,1-2H3,(H2,18,19,24)/t12-/m1/s1. The van der Waals surface area contributed by atoms with Crippen molar-refractivity contribution in [3.63, 3.8) is 0 Å². The predicted octanol–water partition coefficient (Wildman–Crippen LogP) is 1.62. The second kappa shape index (κ2) is 7.23. The number of carbonyl (C=O) groups is 2. The van der Waals surface area contributed by atoms with Crippen molar-refractivity contribution < 1.29 is 9.59 Å². The van der Waals surface area contributed by atoms with E-state index in [4.69, 9.17) is 0 Å². The summed E-state index contributed by atoms with van der Waals surface area (Å²) in [7, 11) is 0. The summed E-state index contributed by atoms with van der Waals surface area (Å²) in [5.41, 5.74) is 1.88. The molecule has 7 nitrogen and oxygen atoms in total. The van der Waals surface area contributed by atoms with Gasteiger partial charge in [-0.2, -0.15) is 5.10 Å². The fourth-order valence-corrected chi connectivity index (χ4v) is 3.06. The molecule has 1 aliphatic heterocycles. The molecule has 1 fully saturated rings. The minimum Gasteiger partial charge on any atom is -0.336 e. The van der Waals surface area contributed by atoms with Gasteiger partial charge in [0.15, 0.2) is 0 Å². The Bertz CT molecular complexity index is 608. The van der Waals surface area contributed by atoms with Crippen LogP contribution in [-0.2, 0) is 24.4 Å². The van der Waals surface area contributed by atoms with Gasteiger partial charge in [-0.3, -0.25) is 9.48 Å². The van der Waals surface area contributed by atoms with Gasteiger partial charge in [0.1, 0.15) is 0 Å². The van der Waals surface area contributed by atoms with E-state index in [0.717, 1.165) is 43.7 Å². The molecule has 3 amide bonds. The third-order valence-electron chi connectivity index (χ3n) is 5.03. The first-order chi connectivity index (χ1) is 11.6. The first-order valence-electron chi connectivity index (χ1n) is 8.95. The number of aromatic nitrogens is 2. The molecule has 0 spiro atoms.